The Bertz CT molecular complexity index is 266. The third-order valence-electron chi connectivity index (χ3n) is 1.36. The number of amides is 1. The number of nitrogens with one attached hydrogen (secondary N) is 2. The van der Waals surface area contributed by atoms with Crippen LogP contribution in [0.25, 0.3) is 0 Å². The van der Waals surface area contributed by atoms with Gasteiger partial charge in [-0.05, 0) is 0 Å². The molecule has 0 saturated heterocycles. The zero-order valence-electron chi connectivity index (χ0n) is 5.18. The van der Waals surface area contributed by atoms with E-state index in [1.54, 1.807) is 6.07 Å². The Morgan fingerprint density at radius 2 is 2.50 bits per heavy atom. The van der Waals surface area contributed by atoms with Crippen LogP contribution in [0, 0.1) is 0 Å². The maximum Gasteiger partial charge on any atom is 0.246 e. The molecule has 0 unspecified atom stereocenters. The summed E-state index contributed by atoms with van der Waals surface area (Å²) < 4.78 is 4.93. The standard InChI is InChI=1S/C6H6N2O2/c9-5-3-7-4-1-2-10-6(4)8-5/h1-2,7H,3H2,(H,8,9). The van der Waals surface area contributed by atoms with Crippen molar-refractivity contribution in [2.24, 2.45) is 0 Å². The monoisotopic (exact) mass is 138 g/mol. The molecule has 2 heterocycles. The first-order valence-electron chi connectivity index (χ1n) is 2.97. The van der Waals surface area contributed by atoms with Crippen LogP contribution in [0.5, 0.6) is 0 Å². The van der Waals surface area contributed by atoms with Crippen LogP contribution in [-0.2, 0) is 4.79 Å². The van der Waals surface area contributed by atoms with Crippen molar-refractivity contribution in [2.75, 3.05) is 17.2 Å². The van der Waals surface area contributed by atoms with Crippen LogP contribution in [0.15, 0.2) is 16.7 Å². The second kappa shape index (κ2) is 1.76. The zero-order valence-corrected chi connectivity index (χ0v) is 5.18. The van der Waals surface area contributed by atoms with Crippen molar-refractivity contribution in [3.05, 3.63) is 12.3 Å². The molecule has 0 radical (unpaired) electrons. The molecule has 1 aliphatic heterocycles. The fraction of sp³-hybridized carbons (Fsp3) is 0.167. The molecule has 0 saturated carbocycles. The van der Waals surface area contributed by atoms with Gasteiger partial charge in [0, 0.05) is 6.07 Å². The van der Waals surface area contributed by atoms with E-state index in [9.17, 15) is 4.79 Å². The predicted molar refractivity (Wildman–Crippen MR) is 35.8 cm³/mol. The zero-order chi connectivity index (χ0) is 6.97. The summed E-state index contributed by atoms with van der Waals surface area (Å²) in [5.74, 6) is 0.443. The van der Waals surface area contributed by atoms with E-state index < -0.39 is 0 Å². The first-order chi connectivity index (χ1) is 4.86. The third kappa shape index (κ3) is 0.655. The Labute approximate surface area is 57.2 Å². The number of rotatable bonds is 0. The first kappa shape index (κ1) is 5.34. The highest BCUT2D eigenvalue weighted by Gasteiger charge is 2.15. The van der Waals surface area contributed by atoms with Crippen molar-refractivity contribution in [3.8, 4) is 0 Å². The number of carbonyl (C=O) groups is 1. The highest BCUT2D eigenvalue weighted by atomic mass is 16.3. The summed E-state index contributed by atoms with van der Waals surface area (Å²) in [6, 6.07) is 1.77. The van der Waals surface area contributed by atoms with E-state index in [2.05, 4.69) is 10.6 Å². The second-order valence-electron chi connectivity index (χ2n) is 2.07. The van der Waals surface area contributed by atoms with Crippen molar-refractivity contribution in [2.45, 2.75) is 0 Å². The summed E-state index contributed by atoms with van der Waals surface area (Å²) >= 11 is 0. The molecule has 1 aromatic rings. The molecule has 1 amide bonds. The van der Waals surface area contributed by atoms with Gasteiger partial charge < -0.3 is 9.73 Å². The number of fused-ring (bicyclic) bond motifs is 1. The summed E-state index contributed by atoms with van der Waals surface area (Å²) in [6.07, 6.45) is 1.53. The average Bonchev–Trinajstić information content (AvgIpc) is 2.33. The Morgan fingerprint density at radius 3 is 3.40 bits per heavy atom. The Morgan fingerprint density at radius 1 is 1.60 bits per heavy atom. The first-order valence-corrected chi connectivity index (χ1v) is 2.97. The van der Waals surface area contributed by atoms with E-state index in [0.29, 0.717) is 12.4 Å². The van der Waals surface area contributed by atoms with Gasteiger partial charge in [-0.1, -0.05) is 0 Å². The van der Waals surface area contributed by atoms with Crippen LogP contribution < -0.4 is 10.6 Å². The normalized spacial score (nSPS) is 15.4. The average molecular weight is 138 g/mol. The van der Waals surface area contributed by atoms with Crippen LogP contribution in [0.4, 0.5) is 11.6 Å². The molecular formula is C6H6N2O2. The van der Waals surface area contributed by atoms with E-state index in [-0.39, 0.29) is 5.91 Å². The molecule has 2 N–H and O–H groups in total. The molecule has 4 heteroatoms. The smallest absolute Gasteiger partial charge is 0.246 e. The van der Waals surface area contributed by atoms with Gasteiger partial charge in [-0.25, -0.2) is 0 Å². The molecule has 0 atom stereocenters. The van der Waals surface area contributed by atoms with Gasteiger partial charge in [-0.15, -0.1) is 0 Å². The molecule has 0 spiro atoms. The molecule has 0 aliphatic carbocycles. The molecular weight excluding hydrogens is 132 g/mol. The van der Waals surface area contributed by atoms with E-state index in [1.807, 2.05) is 0 Å². The largest absolute Gasteiger partial charge is 0.446 e. The minimum absolute atomic E-state index is 0.0672. The van der Waals surface area contributed by atoms with Crippen LogP contribution in [0.1, 0.15) is 0 Å². The van der Waals surface area contributed by atoms with E-state index >= 15 is 0 Å². The van der Waals surface area contributed by atoms with Gasteiger partial charge in [0.1, 0.15) is 0 Å². The third-order valence-corrected chi connectivity index (χ3v) is 1.36. The molecule has 10 heavy (non-hydrogen) atoms. The second-order valence-corrected chi connectivity index (χ2v) is 2.07. The Hall–Kier alpha value is -1.45. The van der Waals surface area contributed by atoms with Gasteiger partial charge >= 0.3 is 0 Å². The summed E-state index contributed by atoms with van der Waals surface area (Å²) in [4.78, 5) is 10.7. The lowest BCUT2D eigenvalue weighted by molar-refractivity contribution is -0.114. The molecule has 1 aromatic heterocycles. The molecule has 0 aromatic carbocycles. The van der Waals surface area contributed by atoms with Gasteiger partial charge in [0.25, 0.3) is 0 Å². The van der Waals surface area contributed by atoms with E-state index in [4.69, 9.17) is 4.42 Å². The molecule has 4 nitrogen and oxygen atoms in total. The number of hydrogen-bond acceptors (Lipinski definition) is 3. The summed E-state index contributed by atoms with van der Waals surface area (Å²) in [6.45, 7) is 0.326. The van der Waals surface area contributed by atoms with Gasteiger partial charge in [-0.2, -0.15) is 0 Å². The SMILES string of the molecule is O=C1CNc2ccoc2N1. The van der Waals surface area contributed by atoms with Crippen molar-refractivity contribution < 1.29 is 9.21 Å². The highest BCUT2D eigenvalue weighted by Crippen LogP contribution is 2.24. The van der Waals surface area contributed by atoms with Crippen LogP contribution in [0.3, 0.4) is 0 Å². The minimum Gasteiger partial charge on any atom is -0.446 e. The maximum absolute atomic E-state index is 10.7. The fourth-order valence-electron chi connectivity index (χ4n) is 0.892. The Kier molecular flexibility index (Phi) is 0.943. The lowest BCUT2D eigenvalue weighted by atomic mass is 10.4. The maximum atomic E-state index is 10.7. The number of hydrogen-bond donors (Lipinski definition) is 2. The molecule has 52 valence electrons. The van der Waals surface area contributed by atoms with Crippen LogP contribution >= 0.6 is 0 Å². The van der Waals surface area contributed by atoms with Crippen LogP contribution in [0.2, 0.25) is 0 Å². The van der Waals surface area contributed by atoms with Crippen LogP contribution in [-0.4, -0.2) is 12.5 Å². The van der Waals surface area contributed by atoms with Gasteiger partial charge in [0.05, 0.1) is 18.5 Å². The number of carbonyl (C=O) groups excluding carboxylic acids is 1. The molecule has 0 bridgehead atoms. The topological polar surface area (TPSA) is 54.3 Å². The Balaban J connectivity index is 2.39. The molecule has 2 rings (SSSR count). The fourth-order valence-corrected chi connectivity index (χ4v) is 0.892. The quantitative estimate of drug-likeness (QED) is 0.553. The lowest BCUT2D eigenvalue weighted by Crippen LogP contribution is -2.26. The van der Waals surface area contributed by atoms with Gasteiger partial charge in [0.15, 0.2) is 0 Å². The van der Waals surface area contributed by atoms with E-state index in [0.717, 1.165) is 5.69 Å². The molecule has 1 aliphatic rings. The summed E-state index contributed by atoms with van der Waals surface area (Å²) in [5.41, 5.74) is 0.847. The van der Waals surface area contributed by atoms with Gasteiger partial charge in [0.2, 0.25) is 11.8 Å². The van der Waals surface area contributed by atoms with Crippen molar-refractivity contribution >= 4 is 17.5 Å². The lowest BCUT2D eigenvalue weighted by Gasteiger charge is -2.11. The summed E-state index contributed by atoms with van der Waals surface area (Å²) in [7, 11) is 0. The van der Waals surface area contributed by atoms with Crippen molar-refractivity contribution in [1.29, 1.82) is 0 Å². The predicted octanol–water partition coefficient (Wildman–Crippen LogP) is 0.644. The van der Waals surface area contributed by atoms with E-state index in [1.165, 1.54) is 6.26 Å². The number of furan rings is 1. The van der Waals surface area contributed by atoms with Crippen molar-refractivity contribution in [1.82, 2.24) is 0 Å². The minimum atomic E-state index is -0.0672. The number of anilines is 2. The van der Waals surface area contributed by atoms with Gasteiger partial charge in [-0.3, -0.25) is 10.1 Å². The summed E-state index contributed by atoms with van der Waals surface area (Å²) in [5, 5.41) is 5.46. The molecule has 0 fully saturated rings. The highest BCUT2D eigenvalue weighted by molar-refractivity contribution is 5.98. The van der Waals surface area contributed by atoms with Crippen molar-refractivity contribution in [3.63, 3.8) is 0 Å².